The molecule has 0 spiro atoms. The van der Waals surface area contributed by atoms with Crippen molar-refractivity contribution in [2.24, 2.45) is 0 Å². The van der Waals surface area contributed by atoms with Crippen LogP contribution in [-0.4, -0.2) is 76.3 Å². The van der Waals surface area contributed by atoms with Gasteiger partial charge in [0, 0.05) is 33.3 Å². The summed E-state index contributed by atoms with van der Waals surface area (Å²) >= 11 is 6.25. The Morgan fingerprint density at radius 1 is 0.974 bits per heavy atom. The van der Waals surface area contributed by atoms with Crippen molar-refractivity contribution in [3.63, 3.8) is 0 Å². The number of hydrogen-bond donors (Lipinski definition) is 0. The van der Waals surface area contributed by atoms with Crippen molar-refractivity contribution in [2.75, 3.05) is 6.61 Å². The predicted molar refractivity (Wildman–Crippen MR) is 133 cm³/mol. The van der Waals surface area contributed by atoms with Gasteiger partial charge >= 0.3 is 23.9 Å². The Bertz CT molecular complexity index is 1190. The Balaban J connectivity index is 2.06. The van der Waals surface area contributed by atoms with E-state index in [-0.39, 0.29) is 14.8 Å². The fourth-order valence-corrected chi connectivity index (χ4v) is 5.15. The predicted octanol–water partition coefficient (Wildman–Crippen LogP) is 2.11. The quantitative estimate of drug-likeness (QED) is 0.206. The van der Waals surface area contributed by atoms with Crippen molar-refractivity contribution in [1.82, 2.24) is 4.90 Å². The largest absolute Gasteiger partial charge is 0.463 e. The van der Waals surface area contributed by atoms with E-state index < -0.39 is 72.9 Å². The van der Waals surface area contributed by atoms with Gasteiger partial charge in [-0.05, 0) is 12.1 Å². The lowest BCUT2D eigenvalue weighted by Gasteiger charge is -2.46. The first-order chi connectivity index (χ1) is 17.9. The molecule has 2 aliphatic heterocycles. The summed E-state index contributed by atoms with van der Waals surface area (Å²) in [5.74, 6) is -4.39. The summed E-state index contributed by atoms with van der Waals surface area (Å²) in [4.78, 5) is 61.9. The van der Waals surface area contributed by atoms with E-state index in [9.17, 15) is 28.4 Å². The van der Waals surface area contributed by atoms with Gasteiger partial charge in [0.05, 0.1) is 4.91 Å². The number of hydrogen-bond acceptors (Lipinski definition) is 12. The highest BCUT2D eigenvalue weighted by Crippen LogP contribution is 2.39. The molecule has 2 aliphatic rings. The molecule has 1 aromatic rings. The topological polar surface area (TPSA) is 135 Å². The Kier molecular flexibility index (Phi) is 9.57. The zero-order valence-corrected chi connectivity index (χ0v) is 22.3. The number of esters is 4. The van der Waals surface area contributed by atoms with Gasteiger partial charge in [0.25, 0.3) is 5.91 Å². The monoisotopic (exact) mass is 569 g/mol. The highest BCUT2D eigenvalue weighted by atomic mass is 32.2. The molecule has 2 saturated heterocycles. The van der Waals surface area contributed by atoms with Crippen LogP contribution >= 0.6 is 24.0 Å². The van der Waals surface area contributed by atoms with E-state index in [1.165, 1.54) is 24.3 Å². The average Bonchev–Trinajstić information content (AvgIpc) is 3.08. The molecule has 5 atom stereocenters. The van der Waals surface area contributed by atoms with Crippen LogP contribution in [0.5, 0.6) is 0 Å². The van der Waals surface area contributed by atoms with Gasteiger partial charge < -0.3 is 23.7 Å². The molecule has 204 valence electrons. The highest BCUT2D eigenvalue weighted by molar-refractivity contribution is 8.26. The first-order valence-electron chi connectivity index (χ1n) is 11.2. The smallest absolute Gasteiger partial charge is 0.303 e. The van der Waals surface area contributed by atoms with Crippen molar-refractivity contribution in [3.8, 4) is 0 Å². The van der Waals surface area contributed by atoms with Gasteiger partial charge in [0.15, 0.2) is 28.9 Å². The Morgan fingerprint density at radius 2 is 1.55 bits per heavy atom. The zero-order valence-electron chi connectivity index (χ0n) is 20.7. The summed E-state index contributed by atoms with van der Waals surface area (Å²) in [5, 5.41) is 0. The molecular weight excluding hydrogens is 545 g/mol. The number of thiocarbonyl (C=S) groups is 1. The number of halogens is 1. The van der Waals surface area contributed by atoms with E-state index in [0.29, 0.717) is 0 Å². The number of carbonyl (C=O) groups is 5. The molecular formula is C24H24FNO10S2. The van der Waals surface area contributed by atoms with Crippen LogP contribution in [0.3, 0.4) is 0 Å². The fourth-order valence-electron chi connectivity index (χ4n) is 3.85. The van der Waals surface area contributed by atoms with Crippen LogP contribution in [0.1, 0.15) is 33.3 Å². The third-order valence-electron chi connectivity index (χ3n) is 5.24. The zero-order chi connectivity index (χ0) is 28.1. The maximum absolute atomic E-state index is 14.2. The van der Waals surface area contributed by atoms with Crippen LogP contribution in [0, 0.1) is 5.82 Å². The Hall–Kier alpha value is -3.36. The van der Waals surface area contributed by atoms with Crippen LogP contribution in [0.2, 0.25) is 0 Å². The van der Waals surface area contributed by atoms with Gasteiger partial charge in [0.1, 0.15) is 18.5 Å². The van der Waals surface area contributed by atoms with E-state index >= 15 is 0 Å². The second-order valence-corrected chi connectivity index (χ2v) is 9.84. The molecule has 0 radical (unpaired) electrons. The highest BCUT2D eigenvalue weighted by Gasteiger charge is 2.56. The van der Waals surface area contributed by atoms with Crippen molar-refractivity contribution in [3.05, 3.63) is 40.6 Å². The summed E-state index contributed by atoms with van der Waals surface area (Å²) in [7, 11) is 0. The number of thioether (sulfide) groups is 1. The number of benzene rings is 1. The van der Waals surface area contributed by atoms with Gasteiger partial charge in [-0.3, -0.25) is 28.9 Å². The lowest BCUT2D eigenvalue weighted by molar-refractivity contribution is -0.268. The van der Waals surface area contributed by atoms with E-state index in [0.717, 1.165) is 44.4 Å². The van der Waals surface area contributed by atoms with Crippen molar-refractivity contribution >= 4 is 64.2 Å². The summed E-state index contributed by atoms with van der Waals surface area (Å²) in [5.41, 5.74) is 0.134. The van der Waals surface area contributed by atoms with Crippen molar-refractivity contribution in [2.45, 2.75) is 58.3 Å². The summed E-state index contributed by atoms with van der Waals surface area (Å²) in [6, 6.07) is 5.78. The second kappa shape index (κ2) is 12.5. The van der Waals surface area contributed by atoms with Crippen LogP contribution in [-0.2, 0) is 47.7 Å². The van der Waals surface area contributed by atoms with E-state index in [1.807, 2.05) is 0 Å². The molecule has 5 unspecified atom stereocenters. The van der Waals surface area contributed by atoms with Crippen molar-refractivity contribution < 1.29 is 52.0 Å². The summed E-state index contributed by atoms with van der Waals surface area (Å²) < 4.78 is 41.3. The molecule has 0 aromatic heterocycles. The van der Waals surface area contributed by atoms with Gasteiger partial charge in [-0.1, -0.05) is 42.2 Å². The molecule has 1 aromatic carbocycles. The summed E-state index contributed by atoms with van der Waals surface area (Å²) in [6.07, 6.45) is -5.81. The van der Waals surface area contributed by atoms with E-state index in [4.69, 9.17) is 35.9 Å². The Labute approximate surface area is 226 Å². The fraction of sp³-hybridized carbons (Fsp3) is 0.417. The first kappa shape index (κ1) is 29.2. The van der Waals surface area contributed by atoms with E-state index in [2.05, 4.69) is 0 Å². The van der Waals surface area contributed by atoms with Crippen LogP contribution in [0.25, 0.3) is 6.08 Å². The van der Waals surface area contributed by atoms with Gasteiger partial charge in [0.2, 0.25) is 0 Å². The molecule has 1 amide bonds. The third kappa shape index (κ3) is 6.94. The van der Waals surface area contributed by atoms with E-state index in [1.54, 1.807) is 6.07 Å². The molecule has 14 heteroatoms. The van der Waals surface area contributed by atoms with Crippen molar-refractivity contribution in [1.29, 1.82) is 0 Å². The third-order valence-corrected chi connectivity index (χ3v) is 6.57. The minimum absolute atomic E-state index is 0.0292. The number of carbonyl (C=O) groups excluding carboxylic acids is 5. The molecule has 0 N–H and O–H groups in total. The molecule has 0 bridgehead atoms. The molecule has 2 heterocycles. The van der Waals surface area contributed by atoms with Crippen LogP contribution in [0.4, 0.5) is 4.39 Å². The molecule has 3 rings (SSSR count). The minimum Gasteiger partial charge on any atom is -0.463 e. The first-order valence-corrected chi connectivity index (χ1v) is 12.4. The van der Waals surface area contributed by atoms with Crippen LogP contribution in [0.15, 0.2) is 29.2 Å². The lowest BCUT2D eigenvalue weighted by Crippen LogP contribution is -2.66. The molecule has 2 fully saturated rings. The number of amides is 1. The van der Waals surface area contributed by atoms with Gasteiger partial charge in [-0.2, -0.15) is 0 Å². The standard InChI is InChI=1S/C24H24FNO10S2/c1-11(27)32-10-17-19(33-12(2)28)20(34-13(3)29)21(35-14(4)30)23(36-17)26-22(31)18(38-24(26)37)9-15-7-5-6-8-16(15)25/h5-9,17,19-21,23H,10H2,1-4H3. The lowest BCUT2D eigenvalue weighted by atomic mass is 9.96. The number of ether oxygens (including phenoxy) is 5. The van der Waals surface area contributed by atoms with Gasteiger partial charge in [-0.15, -0.1) is 0 Å². The van der Waals surface area contributed by atoms with Gasteiger partial charge in [-0.25, -0.2) is 4.39 Å². The second-order valence-electron chi connectivity index (χ2n) is 8.16. The summed E-state index contributed by atoms with van der Waals surface area (Å²) in [6.45, 7) is 3.93. The normalized spacial score (nSPS) is 26.2. The maximum atomic E-state index is 14.2. The maximum Gasteiger partial charge on any atom is 0.303 e. The number of rotatable bonds is 7. The average molecular weight is 570 g/mol. The molecule has 0 aliphatic carbocycles. The number of nitrogens with zero attached hydrogens (tertiary/aromatic N) is 1. The Morgan fingerprint density at radius 3 is 2.13 bits per heavy atom. The molecule has 38 heavy (non-hydrogen) atoms. The van der Waals surface area contributed by atoms with Crippen LogP contribution < -0.4 is 0 Å². The SMILES string of the molecule is CC(=O)OCC1OC(N2C(=O)C(=Cc3ccccc3F)SC2=S)C(OC(C)=O)C(OC(C)=O)C1OC(C)=O. The molecule has 0 saturated carbocycles. The minimum atomic E-state index is -1.51. The molecule has 11 nitrogen and oxygen atoms in total.